The van der Waals surface area contributed by atoms with Gasteiger partial charge in [-0.2, -0.15) is 4.31 Å². The number of aromatic nitrogens is 2. The lowest BCUT2D eigenvalue weighted by atomic mass is 10.1. The van der Waals surface area contributed by atoms with E-state index in [1.807, 2.05) is 18.2 Å². The summed E-state index contributed by atoms with van der Waals surface area (Å²) < 4.78 is 26.7. The van der Waals surface area contributed by atoms with Gasteiger partial charge in [0.1, 0.15) is 0 Å². The van der Waals surface area contributed by atoms with Crippen molar-refractivity contribution in [3.05, 3.63) is 47.4 Å². The molecule has 1 aromatic carbocycles. The van der Waals surface area contributed by atoms with Crippen LogP contribution < -0.4 is 0 Å². The molecule has 0 saturated carbocycles. The van der Waals surface area contributed by atoms with Crippen molar-refractivity contribution in [3.8, 4) is 0 Å². The molecule has 1 N–H and O–H groups in total. The molecule has 1 saturated heterocycles. The van der Waals surface area contributed by atoms with E-state index < -0.39 is 10.0 Å². The summed E-state index contributed by atoms with van der Waals surface area (Å²) in [5.74, 6) is 0. The van der Waals surface area contributed by atoms with E-state index in [4.69, 9.17) is 11.6 Å². The Labute approximate surface area is 122 Å². The van der Waals surface area contributed by atoms with E-state index in [1.165, 1.54) is 16.8 Å². The summed E-state index contributed by atoms with van der Waals surface area (Å²) in [6, 6.07) is 7.18. The number of aromatic amines is 1. The predicted octanol–water partition coefficient (Wildman–Crippen LogP) is 2.59. The average molecular weight is 312 g/mol. The van der Waals surface area contributed by atoms with Gasteiger partial charge < -0.3 is 4.98 Å². The van der Waals surface area contributed by atoms with Crippen LogP contribution in [0.1, 0.15) is 24.4 Å². The van der Waals surface area contributed by atoms with Crippen LogP contribution in [0, 0.1) is 0 Å². The highest BCUT2D eigenvalue weighted by molar-refractivity contribution is 7.89. The van der Waals surface area contributed by atoms with Crippen molar-refractivity contribution < 1.29 is 8.42 Å². The fourth-order valence-electron chi connectivity index (χ4n) is 2.59. The minimum Gasteiger partial charge on any atom is -0.335 e. The van der Waals surface area contributed by atoms with E-state index in [0.717, 1.165) is 18.4 Å². The second-order valence-electron chi connectivity index (χ2n) is 4.71. The Bertz CT molecular complexity index is 700. The Kier molecular flexibility index (Phi) is 3.54. The summed E-state index contributed by atoms with van der Waals surface area (Å²) in [7, 11) is -3.55. The van der Waals surface area contributed by atoms with Crippen molar-refractivity contribution in [2.24, 2.45) is 0 Å². The van der Waals surface area contributed by atoms with Gasteiger partial charge in [-0.05, 0) is 24.5 Å². The minimum atomic E-state index is -3.55. The largest absolute Gasteiger partial charge is 0.335 e. The molecule has 5 nitrogen and oxygen atoms in total. The normalized spacial score (nSPS) is 20.4. The first-order chi connectivity index (χ1) is 9.60. The predicted molar refractivity (Wildman–Crippen MR) is 75.9 cm³/mol. The quantitative estimate of drug-likeness (QED) is 0.947. The lowest BCUT2D eigenvalue weighted by Crippen LogP contribution is -2.31. The van der Waals surface area contributed by atoms with Crippen LogP contribution in [0.2, 0.25) is 5.02 Å². The summed E-state index contributed by atoms with van der Waals surface area (Å²) in [5, 5.41) is 0.723. The molecular weight excluding hydrogens is 298 g/mol. The van der Waals surface area contributed by atoms with Crippen LogP contribution in [0.25, 0.3) is 0 Å². The number of H-pyrrole nitrogens is 1. The fraction of sp³-hybridized carbons (Fsp3) is 0.308. The zero-order chi connectivity index (χ0) is 14.2. The molecule has 0 radical (unpaired) electrons. The zero-order valence-corrected chi connectivity index (χ0v) is 12.2. The second-order valence-corrected chi connectivity index (χ2v) is 6.98. The molecule has 0 amide bonds. The molecule has 7 heteroatoms. The second kappa shape index (κ2) is 5.20. The number of hydrogen-bond acceptors (Lipinski definition) is 3. The van der Waals surface area contributed by atoms with Crippen molar-refractivity contribution in [2.45, 2.75) is 23.9 Å². The maximum atomic E-state index is 12.6. The van der Waals surface area contributed by atoms with Gasteiger partial charge >= 0.3 is 0 Å². The van der Waals surface area contributed by atoms with E-state index in [2.05, 4.69) is 9.97 Å². The van der Waals surface area contributed by atoms with Crippen LogP contribution in [-0.4, -0.2) is 29.2 Å². The highest BCUT2D eigenvalue weighted by Gasteiger charge is 2.37. The standard InChI is InChI=1S/C13H14ClN3O2S/c14-11-5-2-1-4-10(11)12-6-3-7-17(12)20(18,19)13-8-15-9-16-13/h1-2,4-5,8-9,12H,3,6-7H2,(H,15,16)/t12-/m0/s1. The van der Waals surface area contributed by atoms with E-state index >= 15 is 0 Å². The first-order valence-electron chi connectivity index (χ1n) is 6.35. The van der Waals surface area contributed by atoms with Gasteiger partial charge in [0.2, 0.25) is 0 Å². The molecule has 1 aromatic heterocycles. The number of imidazole rings is 1. The summed E-state index contributed by atoms with van der Waals surface area (Å²) in [6.45, 7) is 0.497. The number of nitrogens with zero attached hydrogens (tertiary/aromatic N) is 2. The summed E-state index contributed by atoms with van der Waals surface area (Å²) in [5.41, 5.74) is 0.856. The van der Waals surface area contributed by atoms with Gasteiger partial charge in [0.15, 0.2) is 5.03 Å². The molecule has 0 bridgehead atoms. The van der Waals surface area contributed by atoms with E-state index in [-0.39, 0.29) is 11.1 Å². The van der Waals surface area contributed by atoms with Crippen molar-refractivity contribution >= 4 is 21.6 Å². The maximum absolute atomic E-state index is 12.6. The molecule has 1 fully saturated rings. The summed E-state index contributed by atoms with van der Waals surface area (Å²) in [4.78, 5) is 6.45. The Morgan fingerprint density at radius 3 is 2.85 bits per heavy atom. The summed E-state index contributed by atoms with van der Waals surface area (Å²) in [6.07, 6.45) is 4.30. The third-order valence-electron chi connectivity index (χ3n) is 3.53. The van der Waals surface area contributed by atoms with Crippen LogP contribution in [0.5, 0.6) is 0 Å². The van der Waals surface area contributed by atoms with Crippen molar-refractivity contribution in [1.29, 1.82) is 0 Å². The Morgan fingerprint density at radius 1 is 1.35 bits per heavy atom. The molecule has 2 heterocycles. The van der Waals surface area contributed by atoms with Crippen LogP contribution >= 0.6 is 11.6 Å². The highest BCUT2D eigenvalue weighted by Crippen LogP contribution is 2.38. The molecule has 2 aromatic rings. The fourth-order valence-corrected chi connectivity index (χ4v) is 4.43. The number of rotatable bonds is 3. The highest BCUT2D eigenvalue weighted by atomic mass is 35.5. The van der Waals surface area contributed by atoms with Gasteiger partial charge in [-0.1, -0.05) is 29.8 Å². The van der Waals surface area contributed by atoms with Gasteiger partial charge in [0.25, 0.3) is 10.0 Å². The number of hydrogen-bond donors (Lipinski definition) is 1. The molecule has 0 aliphatic carbocycles. The van der Waals surface area contributed by atoms with Gasteiger partial charge in [-0.3, -0.25) is 0 Å². The third kappa shape index (κ3) is 2.24. The lowest BCUT2D eigenvalue weighted by molar-refractivity contribution is 0.395. The van der Waals surface area contributed by atoms with Gasteiger partial charge in [-0.15, -0.1) is 0 Å². The molecule has 1 atom stereocenters. The van der Waals surface area contributed by atoms with Crippen LogP contribution in [0.15, 0.2) is 41.8 Å². The van der Waals surface area contributed by atoms with E-state index in [0.29, 0.717) is 11.6 Å². The smallest absolute Gasteiger partial charge is 0.260 e. The molecule has 1 aliphatic heterocycles. The zero-order valence-electron chi connectivity index (χ0n) is 10.7. The van der Waals surface area contributed by atoms with Gasteiger partial charge in [0, 0.05) is 11.6 Å². The van der Waals surface area contributed by atoms with E-state index in [9.17, 15) is 8.42 Å². The maximum Gasteiger partial charge on any atom is 0.260 e. The average Bonchev–Trinajstić information content (AvgIpc) is 3.11. The van der Waals surface area contributed by atoms with Gasteiger partial charge in [0.05, 0.1) is 18.6 Å². The Hall–Kier alpha value is -1.37. The van der Waals surface area contributed by atoms with Crippen LogP contribution in [-0.2, 0) is 10.0 Å². The number of halogens is 1. The van der Waals surface area contributed by atoms with Gasteiger partial charge in [-0.25, -0.2) is 13.4 Å². The lowest BCUT2D eigenvalue weighted by Gasteiger charge is -2.24. The molecule has 20 heavy (non-hydrogen) atoms. The molecule has 0 spiro atoms. The molecule has 0 unspecified atom stereocenters. The first-order valence-corrected chi connectivity index (χ1v) is 8.17. The molecule has 3 rings (SSSR count). The number of sulfonamides is 1. The third-order valence-corrected chi connectivity index (χ3v) is 5.71. The SMILES string of the molecule is O=S(=O)(c1cnc[nH]1)N1CCC[C@H]1c1ccccc1Cl. The minimum absolute atomic E-state index is 0.122. The molecule has 106 valence electrons. The van der Waals surface area contributed by atoms with Crippen molar-refractivity contribution in [2.75, 3.05) is 6.54 Å². The first kappa shape index (κ1) is 13.6. The molecular formula is C13H14ClN3O2S. The summed E-state index contributed by atoms with van der Waals surface area (Å²) >= 11 is 6.20. The topological polar surface area (TPSA) is 66.1 Å². The number of benzene rings is 1. The van der Waals surface area contributed by atoms with Crippen molar-refractivity contribution in [3.63, 3.8) is 0 Å². The molecule has 1 aliphatic rings. The van der Waals surface area contributed by atoms with E-state index in [1.54, 1.807) is 6.07 Å². The Morgan fingerprint density at radius 2 is 2.15 bits per heavy atom. The monoisotopic (exact) mass is 311 g/mol. The van der Waals surface area contributed by atoms with Crippen molar-refractivity contribution in [1.82, 2.24) is 14.3 Å². The van der Waals surface area contributed by atoms with Crippen LogP contribution in [0.4, 0.5) is 0 Å². The number of nitrogens with one attached hydrogen (secondary N) is 1. The Balaban J connectivity index is 2.00. The van der Waals surface area contributed by atoms with Crippen LogP contribution in [0.3, 0.4) is 0 Å².